The number of nitrogens with two attached hydrogens (primary N) is 1. The molecule has 4 heteroatoms. The van der Waals surface area contributed by atoms with Gasteiger partial charge in [-0.15, -0.1) is 0 Å². The molecule has 0 radical (unpaired) electrons. The summed E-state index contributed by atoms with van der Waals surface area (Å²) < 4.78 is 0. The lowest BCUT2D eigenvalue weighted by Gasteiger charge is -2.17. The van der Waals surface area contributed by atoms with Gasteiger partial charge in [0.15, 0.2) is 0 Å². The zero-order valence-electron chi connectivity index (χ0n) is 11.9. The summed E-state index contributed by atoms with van der Waals surface area (Å²) in [7, 11) is 2.08. The van der Waals surface area contributed by atoms with Crippen LogP contribution in [0.3, 0.4) is 0 Å². The number of amidine groups is 1. The quantitative estimate of drug-likeness (QED) is 0.646. The van der Waals surface area contributed by atoms with Crippen LogP contribution in [0.15, 0.2) is 42.6 Å². The fraction of sp³-hybridized carbons (Fsp3) is 0.250. The number of rotatable bonds is 5. The number of aromatic nitrogens is 1. The SMILES string of the molecule is Cc1cccc(CN(C)Cc2ccnc(C(=N)N)c2)c1. The van der Waals surface area contributed by atoms with E-state index < -0.39 is 0 Å². The van der Waals surface area contributed by atoms with Crippen molar-refractivity contribution in [3.8, 4) is 0 Å². The molecule has 0 amide bonds. The summed E-state index contributed by atoms with van der Waals surface area (Å²) in [6, 6.07) is 12.3. The van der Waals surface area contributed by atoms with Crippen LogP contribution in [0.1, 0.15) is 22.4 Å². The molecule has 104 valence electrons. The smallest absolute Gasteiger partial charge is 0.141 e. The first kappa shape index (κ1) is 14.2. The topological polar surface area (TPSA) is 66.0 Å². The molecule has 1 aromatic carbocycles. The van der Waals surface area contributed by atoms with Crippen molar-refractivity contribution in [3.63, 3.8) is 0 Å². The number of aryl methyl sites for hydroxylation is 1. The van der Waals surface area contributed by atoms with Crippen molar-refractivity contribution in [2.45, 2.75) is 20.0 Å². The maximum atomic E-state index is 7.42. The molecular formula is C16H20N4. The fourth-order valence-corrected chi connectivity index (χ4v) is 2.21. The number of benzene rings is 1. The molecule has 0 aliphatic carbocycles. The number of hydrogen-bond acceptors (Lipinski definition) is 3. The van der Waals surface area contributed by atoms with Gasteiger partial charge in [0.25, 0.3) is 0 Å². The van der Waals surface area contributed by atoms with Gasteiger partial charge in [0.2, 0.25) is 0 Å². The minimum Gasteiger partial charge on any atom is -0.382 e. The zero-order chi connectivity index (χ0) is 14.5. The van der Waals surface area contributed by atoms with E-state index in [2.05, 4.69) is 48.1 Å². The van der Waals surface area contributed by atoms with Crippen molar-refractivity contribution in [2.24, 2.45) is 5.73 Å². The maximum Gasteiger partial charge on any atom is 0.141 e. The van der Waals surface area contributed by atoms with E-state index in [9.17, 15) is 0 Å². The third-order valence-corrected chi connectivity index (χ3v) is 3.09. The Kier molecular flexibility index (Phi) is 4.48. The molecule has 1 aromatic heterocycles. The Bertz CT molecular complexity index is 607. The summed E-state index contributed by atoms with van der Waals surface area (Å²) in [6.45, 7) is 3.79. The van der Waals surface area contributed by atoms with Gasteiger partial charge < -0.3 is 5.73 Å². The van der Waals surface area contributed by atoms with Gasteiger partial charge in [-0.25, -0.2) is 0 Å². The van der Waals surface area contributed by atoms with Gasteiger partial charge in [0.1, 0.15) is 11.5 Å². The van der Waals surface area contributed by atoms with Gasteiger partial charge in [-0.05, 0) is 37.2 Å². The lowest BCUT2D eigenvalue weighted by molar-refractivity contribution is 0.319. The van der Waals surface area contributed by atoms with Crippen molar-refractivity contribution >= 4 is 5.84 Å². The Morgan fingerprint density at radius 1 is 1.20 bits per heavy atom. The van der Waals surface area contributed by atoms with Crippen LogP contribution in [-0.4, -0.2) is 22.8 Å². The summed E-state index contributed by atoms with van der Waals surface area (Å²) in [4.78, 5) is 6.30. The predicted octanol–water partition coefficient (Wildman–Crippen LogP) is 2.31. The van der Waals surface area contributed by atoms with Crippen LogP contribution >= 0.6 is 0 Å². The van der Waals surface area contributed by atoms with Gasteiger partial charge in [-0.3, -0.25) is 15.3 Å². The second kappa shape index (κ2) is 6.30. The fourth-order valence-electron chi connectivity index (χ4n) is 2.21. The number of nitrogen functional groups attached to an aromatic ring is 1. The molecule has 0 saturated carbocycles. The largest absolute Gasteiger partial charge is 0.382 e. The Morgan fingerprint density at radius 3 is 2.55 bits per heavy atom. The van der Waals surface area contributed by atoms with Crippen LogP contribution in [0.2, 0.25) is 0 Å². The third kappa shape index (κ3) is 3.90. The molecule has 0 aliphatic rings. The number of hydrogen-bond donors (Lipinski definition) is 2. The average Bonchev–Trinajstić information content (AvgIpc) is 2.38. The summed E-state index contributed by atoms with van der Waals surface area (Å²) in [5.41, 5.74) is 9.68. The molecule has 0 aliphatic heterocycles. The number of nitrogens with zero attached hydrogens (tertiary/aromatic N) is 2. The van der Waals surface area contributed by atoms with Crippen molar-refractivity contribution in [1.29, 1.82) is 5.41 Å². The maximum absolute atomic E-state index is 7.42. The molecule has 0 fully saturated rings. The Morgan fingerprint density at radius 2 is 1.90 bits per heavy atom. The molecule has 0 saturated heterocycles. The van der Waals surface area contributed by atoms with Gasteiger partial charge in [-0.1, -0.05) is 29.8 Å². The van der Waals surface area contributed by atoms with E-state index in [1.807, 2.05) is 12.1 Å². The van der Waals surface area contributed by atoms with Crippen LogP contribution in [-0.2, 0) is 13.1 Å². The molecule has 4 nitrogen and oxygen atoms in total. The number of pyridine rings is 1. The van der Waals surface area contributed by atoms with E-state index >= 15 is 0 Å². The highest BCUT2D eigenvalue weighted by atomic mass is 15.1. The predicted molar refractivity (Wildman–Crippen MR) is 81.6 cm³/mol. The molecule has 20 heavy (non-hydrogen) atoms. The second-order valence-electron chi connectivity index (χ2n) is 5.12. The lowest BCUT2D eigenvalue weighted by Crippen LogP contribution is -2.18. The first-order valence-corrected chi connectivity index (χ1v) is 6.58. The Labute approximate surface area is 119 Å². The van der Waals surface area contributed by atoms with Crippen molar-refractivity contribution in [2.75, 3.05) is 7.05 Å². The molecule has 1 heterocycles. The van der Waals surface area contributed by atoms with E-state index in [1.54, 1.807) is 6.20 Å². The summed E-state index contributed by atoms with van der Waals surface area (Å²) >= 11 is 0. The third-order valence-electron chi connectivity index (χ3n) is 3.09. The summed E-state index contributed by atoms with van der Waals surface area (Å²) in [5, 5.41) is 7.42. The highest BCUT2D eigenvalue weighted by Crippen LogP contribution is 2.10. The summed E-state index contributed by atoms with van der Waals surface area (Å²) in [5.74, 6) is 0.00758. The van der Waals surface area contributed by atoms with E-state index in [0.717, 1.165) is 18.7 Å². The first-order valence-electron chi connectivity index (χ1n) is 6.58. The minimum absolute atomic E-state index is 0.00758. The molecule has 0 unspecified atom stereocenters. The van der Waals surface area contributed by atoms with Gasteiger partial charge in [0.05, 0.1) is 0 Å². The molecule has 2 aromatic rings. The highest BCUT2D eigenvalue weighted by molar-refractivity contribution is 5.93. The van der Waals surface area contributed by atoms with Crippen molar-refractivity contribution < 1.29 is 0 Å². The Balaban J connectivity index is 2.02. The molecule has 3 N–H and O–H groups in total. The first-order chi connectivity index (χ1) is 9.54. The molecule has 0 bridgehead atoms. The van der Waals surface area contributed by atoms with Crippen molar-refractivity contribution in [1.82, 2.24) is 9.88 Å². The van der Waals surface area contributed by atoms with Crippen molar-refractivity contribution in [3.05, 3.63) is 65.0 Å². The molecule has 2 rings (SSSR count). The Hall–Kier alpha value is -2.20. The monoisotopic (exact) mass is 268 g/mol. The normalized spacial score (nSPS) is 10.8. The number of nitrogens with one attached hydrogen (secondary N) is 1. The van der Waals surface area contributed by atoms with Crippen LogP contribution < -0.4 is 5.73 Å². The van der Waals surface area contributed by atoms with E-state index in [1.165, 1.54) is 11.1 Å². The van der Waals surface area contributed by atoms with Gasteiger partial charge in [-0.2, -0.15) is 0 Å². The zero-order valence-corrected chi connectivity index (χ0v) is 11.9. The van der Waals surface area contributed by atoms with Crippen LogP contribution in [0, 0.1) is 12.3 Å². The average molecular weight is 268 g/mol. The standard InChI is InChI=1S/C16H20N4/c1-12-4-3-5-13(8-12)10-20(2)11-14-6-7-19-15(9-14)16(17)18/h3-9H,10-11H2,1-2H3,(H3,17,18). The molecule has 0 spiro atoms. The highest BCUT2D eigenvalue weighted by Gasteiger charge is 2.04. The van der Waals surface area contributed by atoms with Gasteiger partial charge >= 0.3 is 0 Å². The van der Waals surface area contributed by atoms with Crippen LogP contribution in [0.4, 0.5) is 0 Å². The van der Waals surface area contributed by atoms with E-state index in [4.69, 9.17) is 11.1 Å². The van der Waals surface area contributed by atoms with E-state index in [-0.39, 0.29) is 5.84 Å². The van der Waals surface area contributed by atoms with Crippen LogP contribution in [0.25, 0.3) is 0 Å². The second-order valence-corrected chi connectivity index (χ2v) is 5.12. The lowest BCUT2D eigenvalue weighted by atomic mass is 10.1. The molecular weight excluding hydrogens is 248 g/mol. The summed E-state index contributed by atoms with van der Waals surface area (Å²) in [6.07, 6.45) is 1.70. The molecule has 0 atom stereocenters. The van der Waals surface area contributed by atoms with Crippen LogP contribution in [0.5, 0.6) is 0 Å². The van der Waals surface area contributed by atoms with E-state index in [0.29, 0.717) is 5.69 Å². The van der Waals surface area contributed by atoms with Gasteiger partial charge in [0, 0.05) is 19.3 Å². The minimum atomic E-state index is 0.00758.